The Bertz CT molecular complexity index is 689. The zero-order valence-corrected chi connectivity index (χ0v) is 15.4. The van der Waals surface area contributed by atoms with Crippen LogP contribution in [0.1, 0.15) is 31.2 Å². The Morgan fingerprint density at radius 1 is 1.23 bits per heavy atom. The van der Waals surface area contributed by atoms with Gasteiger partial charge in [-0.1, -0.05) is 18.2 Å². The van der Waals surface area contributed by atoms with Crippen molar-refractivity contribution in [2.24, 2.45) is 0 Å². The molecule has 7 heteroatoms. The van der Waals surface area contributed by atoms with E-state index >= 15 is 0 Å². The number of rotatable bonds is 4. The van der Waals surface area contributed by atoms with E-state index in [1.807, 2.05) is 0 Å². The molecular weight excluding hydrogens is 353 g/mol. The molecule has 4 rings (SSSR count). The zero-order valence-electron chi connectivity index (χ0n) is 14.5. The Morgan fingerprint density at radius 3 is 2.65 bits per heavy atom. The number of thioether (sulfide) groups is 1. The molecule has 0 radical (unpaired) electrons. The molecular formula is C19H24FN3O2S. The second-order valence-electron chi connectivity index (χ2n) is 7.49. The summed E-state index contributed by atoms with van der Waals surface area (Å²) in [5.74, 6) is -0.0491. The van der Waals surface area contributed by atoms with Gasteiger partial charge in [0.15, 0.2) is 0 Å². The fourth-order valence-corrected chi connectivity index (χ4v) is 5.40. The summed E-state index contributed by atoms with van der Waals surface area (Å²) >= 11 is 1.43. The van der Waals surface area contributed by atoms with E-state index in [-0.39, 0.29) is 28.9 Å². The van der Waals surface area contributed by atoms with E-state index in [0.717, 1.165) is 12.8 Å². The van der Waals surface area contributed by atoms with Crippen LogP contribution >= 0.6 is 11.8 Å². The van der Waals surface area contributed by atoms with Crippen LogP contribution in [0.4, 0.5) is 4.39 Å². The number of hydrogen-bond donors (Lipinski definition) is 3. The maximum Gasteiger partial charge on any atom is 0.243 e. The van der Waals surface area contributed by atoms with Crippen LogP contribution in [0, 0.1) is 5.82 Å². The fraction of sp³-hybridized carbons (Fsp3) is 0.579. The molecule has 5 nitrogen and oxygen atoms in total. The van der Waals surface area contributed by atoms with Crippen molar-refractivity contribution in [3.05, 3.63) is 35.6 Å². The first-order valence-electron chi connectivity index (χ1n) is 9.30. The monoisotopic (exact) mass is 377 g/mol. The fourth-order valence-electron chi connectivity index (χ4n) is 4.23. The van der Waals surface area contributed by atoms with Crippen molar-refractivity contribution in [3.8, 4) is 0 Å². The van der Waals surface area contributed by atoms with Crippen molar-refractivity contribution in [1.82, 2.24) is 16.0 Å². The molecule has 3 N–H and O–H groups in total. The third kappa shape index (κ3) is 3.88. The lowest BCUT2D eigenvalue weighted by Crippen LogP contribution is -2.57. The van der Waals surface area contributed by atoms with Crippen LogP contribution in [0.15, 0.2) is 24.3 Å². The average molecular weight is 377 g/mol. The predicted molar refractivity (Wildman–Crippen MR) is 99.4 cm³/mol. The molecule has 4 unspecified atom stereocenters. The number of carbonyl (C=O) groups is 2. The lowest BCUT2D eigenvalue weighted by molar-refractivity contribution is -0.129. The number of carbonyl (C=O) groups excluding carboxylic acids is 2. The van der Waals surface area contributed by atoms with Crippen LogP contribution in [0.2, 0.25) is 0 Å². The molecule has 4 atom stereocenters. The molecule has 3 saturated heterocycles. The number of halogens is 1. The van der Waals surface area contributed by atoms with Crippen LogP contribution in [-0.2, 0) is 16.0 Å². The Labute approximate surface area is 156 Å². The first-order valence-corrected chi connectivity index (χ1v) is 10.3. The number of hydrogen-bond acceptors (Lipinski definition) is 4. The predicted octanol–water partition coefficient (Wildman–Crippen LogP) is 1.37. The van der Waals surface area contributed by atoms with Crippen molar-refractivity contribution in [2.75, 3.05) is 5.75 Å². The third-order valence-corrected chi connectivity index (χ3v) is 6.88. The summed E-state index contributed by atoms with van der Waals surface area (Å²) in [4.78, 5) is 24.9. The maximum absolute atomic E-state index is 13.8. The molecule has 0 spiro atoms. The second kappa shape index (κ2) is 7.56. The van der Waals surface area contributed by atoms with Crippen LogP contribution in [0.3, 0.4) is 0 Å². The molecule has 0 saturated carbocycles. The van der Waals surface area contributed by atoms with Crippen LogP contribution in [-0.4, -0.2) is 47.0 Å². The van der Waals surface area contributed by atoms with Gasteiger partial charge in [0.1, 0.15) is 11.9 Å². The molecule has 3 aliphatic heterocycles. The topological polar surface area (TPSA) is 70.2 Å². The quantitative estimate of drug-likeness (QED) is 0.741. The van der Waals surface area contributed by atoms with Crippen LogP contribution in [0.25, 0.3) is 0 Å². The van der Waals surface area contributed by atoms with Gasteiger partial charge in [-0.15, -0.1) is 11.8 Å². The van der Waals surface area contributed by atoms with Crippen molar-refractivity contribution in [1.29, 1.82) is 0 Å². The Kier molecular flexibility index (Phi) is 5.18. The number of fused-ring (bicyclic) bond motifs is 2. The summed E-state index contributed by atoms with van der Waals surface area (Å²) in [6.45, 7) is 0. The standard InChI is InChI=1S/C19H24FN3O2S/c20-15-4-2-1-3-11(15)7-17-19(25)23-16(10-26-17)18(24)22-14-8-12-5-6-13(9-14)21-12/h1-4,12-14,16-17,21H,5-10H2,(H,22,24)(H,23,25). The molecule has 26 heavy (non-hydrogen) atoms. The van der Waals surface area contributed by atoms with Crippen LogP contribution < -0.4 is 16.0 Å². The van der Waals surface area contributed by atoms with Crippen molar-refractivity contribution < 1.29 is 14.0 Å². The van der Waals surface area contributed by atoms with Crippen LogP contribution in [0.5, 0.6) is 0 Å². The molecule has 2 amide bonds. The van der Waals surface area contributed by atoms with E-state index < -0.39 is 6.04 Å². The van der Waals surface area contributed by atoms with E-state index in [0.29, 0.717) is 29.8 Å². The van der Waals surface area contributed by atoms with Crippen molar-refractivity contribution >= 4 is 23.6 Å². The summed E-state index contributed by atoms with van der Waals surface area (Å²) in [5, 5.41) is 9.14. The molecule has 3 heterocycles. The van der Waals surface area contributed by atoms with Gasteiger partial charge in [0.25, 0.3) is 0 Å². The van der Waals surface area contributed by atoms with Gasteiger partial charge < -0.3 is 16.0 Å². The summed E-state index contributed by atoms with van der Waals surface area (Å²) in [6, 6.07) is 7.23. The van der Waals surface area contributed by atoms with Gasteiger partial charge in [-0.3, -0.25) is 9.59 Å². The lowest BCUT2D eigenvalue weighted by Gasteiger charge is -2.33. The van der Waals surface area contributed by atoms with E-state index in [2.05, 4.69) is 16.0 Å². The summed E-state index contributed by atoms with van der Waals surface area (Å²) in [6.07, 6.45) is 4.64. The molecule has 0 aromatic heterocycles. The van der Waals surface area contributed by atoms with E-state index in [9.17, 15) is 14.0 Å². The number of nitrogens with one attached hydrogen (secondary N) is 3. The van der Waals surface area contributed by atoms with Crippen molar-refractivity contribution in [2.45, 2.75) is 61.5 Å². The van der Waals surface area contributed by atoms with Gasteiger partial charge in [-0.25, -0.2) is 4.39 Å². The zero-order chi connectivity index (χ0) is 18.1. The Morgan fingerprint density at radius 2 is 1.96 bits per heavy atom. The minimum atomic E-state index is -0.503. The Hall–Kier alpha value is -1.60. The van der Waals surface area contributed by atoms with E-state index in [4.69, 9.17) is 0 Å². The summed E-state index contributed by atoms with van der Waals surface area (Å²) in [7, 11) is 0. The van der Waals surface area contributed by atoms with Gasteiger partial charge in [0.05, 0.1) is 5.25 Å². The molecule has 2 bridgehead atoms. The normalized spacial score (nSPS) is 33.6. The first kappa shape index (κ1) is 17.8. The molecule has 140 valence electrons. The lowest BCUT2D eigenvalue weighted by atomic mass is 9.99. The average Bonchev–Trinajstić information content (AvgIpc) is 2.97. The summed E-state index contributed by atoms with van der Waals surface area (Å²) < 4.78 is 13.8. The molecule has 1 aromatic carbocycles. The highest BCUT2D eigenvalue weighted by Crippen LogP contribution is 2.27. The minimum Gasteiger partial charge on any atom is -0.351 e. The Balaban J connectivity index is 1.30. The molecule has 1 aromatic rings. The highest BCUT2D eigenvalue weighted by molar-refractivity contribution is 8.00. The van der Waals surface area contributed by atoms with Gasteiger partial charge >= 0.3 is 0 Å². The number of piperidine rings is 1. The minimum absolute atomic E-state index is 0.0958. The SMILES string of the molecule is O=C(NC1CC2CCC(C1)N2)C1CSC(Cc2ccccc2F)C(=O)N1. The largest absolute Gasteiger partial charge is 0.351 e. The molecule has 3 aliphatic rings. The van der Waals surface area contributed by atoms with E-state index in [1.54, 1.807) is 18.2 Å². The second-order valence-corrected chi connectivity index (χ2v) is 8.73. The smallest absolute Gasteiger partial charge is 0.243 e. The van der Waals surface area contributed by atoms with Gasteiger partial charge in [-0.2, -0.15) is 0 Å². The highest BCUT2D eigenvalue weighted by Gasteiger charge is 2.37. The highest BCUT2D eigenvalue weighted by atomic mass is 32.2. The van der Waals surface area contributed by atoms with Gasteiger partial charge in [-0.05, 0) is 43.7 Å². The van der Waals surface area contributed by atoms with Gasteiger partial charge in [0, 0.05) is 23.9 Å². The van der Waals surface area contributed by atoms with Gasteiger partial charge in [0.2, 0.25) is 11.8 Å². The number of amides is 2. The molecule has 3 fully saturated rings. The molecule has 0 aliphatic carbocycles. The summed E-state index contributed by atoms with van der Waals surface area (Å²) in [5.41, 5.74) is 0.535. The first-order chi connectivity index (χ1) is 12.6. The van der Waals surface area contributed by atoms with Crippen molar-refractivity contribution in [3.63, 3.8) is 0 Å². The maximum atomic E-state index is 13.8. The number of benzene rings is 1. The third-order valence-electron chi connectivity index (χ3n) is 5.57. The van der Waals surface area contributed by atoms with E-state index in [1.165, 1.54) is 30.7 Å².